The third-order valence-corrected chi connectivity index (χ3v) is 6.65. The summed E-state index contributed by atoms with van der Waals surface area (Å²) in [5, 5.41) is 14.2. The molecular formula is C28H19N3O. The highest BCUT2D eigenvalue weighted by Gasteiger charge is 2.29. The van der Waals surface area contributed by atoms with Crippen LogP contribution in [0, 0.1) is 11.3 Å². The van der Waals surface area contributed by atoms with Crippen LogP contribution < -0.4 is 4.90 Å². The molecule has 152 valence electrons. The summed E-state index contributed by atoms with van der Waals surface area (Å²) in [7, 11) is 0. The Hall–Kier alpha value is -4.23. The number of para-hydroxylation sites is 2. The highest BCUT2D eigenvalue weighted by molar-refractivity contribution is 6.20. The number of hydrogen-bond acceptors (Lipinski definition) is 3. The Morgan fingerprint density at radius 3 is 2.44 bits per heavy atom. The molecule has 0 spiro atoms. The van der Waals surface area contributed by atoms with Gasteiger partial charge in [0.05, 0.1) is 39.7 Å². The Balaban J connectivity index is 1.71. The average molecular weight is 413 g/mol. The van der Waals surface area contributed by atoms with Crippen LogP contribution in [0.15, 0.2) is 77.2 Å². The number of benzene rings is 4. The van der Waals surface area contributed by atoms with Crippen LogP contribution in [0.3, 0.4) is 0 Å². The van der Waals surface area contributed by atoms with Gasteiger partial charge in [0.2, 0.25) is 0 Å². The van der Waals surface area contributed by atoms with Crippen LogP contribution in [0.1, 0.15) is 19.4 Å². The molecule has 3 heterocycles. The molecule has 32 heavy (non-hydrogen) atoms. The SMILES string of the molecule is CC(C)N1c2cc(C#N)ccc2-n2c3cc4c(cc3c3cccc1c32)oc1ccccc14. The molecule has 4 nitrogen and oxygen atoms in total. The summed E-state index contributed by atoms with van der Waals surface area (Å²) in [6, 6.07) is 27.7. The van der Waals surface area contributed by atoms with Crippen LogP contribution in [0.25, 0.3) is 49.4 Å². The van der Waals surface area contributed by atoms with Gasteiger partial charge in [0, 0.05) is 27.6 Å². The van der Waals surface area contributed by atoms with Crippen molar-refractivity contribution in [3.05, 3.63) is 78.4 Å². The summed E-state index contributed by atoms with van der Waals surface area (Å²) in [4.78, 5) is 2.34. The smallest absolute Gasteiger partial charge is 0.136 e. The van der Waals surface area contributed by atoms with Crippen molar-refractivity contribution >= 4 is 55.1 Å². The Morgan fingerprint density at radius 2 is 1.59 bits per heavy atom. The lowest BCUT2D eigenvalue weighted by atomic mass is 10.1. The van der Waals surface area contributed by atoms with Gasteiger partial charge in [-0.15, -0.1) is 0 Å². The van der Waals surface area contributed by atoms with E-state index >= 15 is 0 Å². The van der Waals surface area contributed by atoms with Crippen LogP contribution in [-0.2, 0) is 0 Å². The van der Waals surface area contributed by atoms with Crippen molar-refractivity contribution in [2.24, 2.45) is 0 Å². The van der Waals surface area contributed by atoms with Crippen LogP contribution in [0.2, 0.25) is 0 Å². The quantitative estimate of drug-likeness (QED) is 0.282. The third-order valence-electron chi connectivity index (χ3n) is 6.65. The standard InChI is InChI=1S/C28H19N3O/c1-16(2)30-23-8-5-7-19-20-14-27-21(18-6-3-4-9-26(18)32-27)13-24(20)31(28(19)23)22-11-10-17(15-29)12-25(22)30/h3-14,16H,1-2H3. The molecule has 1 aliphatic heterocycles. The lowest BCUT2D eigenvalue weighted by Crippen LogP contribution is -2.29. The normalized spacial score (nSPS) is 12.9. The molecule has 7 rings (SSSR count). The van der Waals surface area contributed by atoms with Gasteiger partial charge in [-0.05, 0) is 56.3 Å². The second-order valence-corrected chi connectivity index (χ2v) is 8.75. The first-order valence-electron chi connectivity index (χ1n) is 10.9. The van der Waals surface area contributed by atoms with Crippen LogP contribution in [0.4, 0.5) is 11.4 Å². The van der Waals surface area contributed by atoms with E-state index in [1.807, 2.05) is 24.3 Å². The van der Waals surface area contributed by atoms with Crippen molar-refractivity contribution in [1.29, 1.82) is 5.26 Å². The summed E-state index contributed by atoms with van der Waals surface area (Å²) in [6.07, 6.45) is 0. The van der Waals surface area contributed by atoms with Gasteiger partial charge in [-0.2, -0.15) is 5.26 Å². The number of hydrogen-bond donors (Lipinski definition) is 0. The van der Waals surface area contributed by atoms with Crippen molar-refractivity contribution in [1.82, 2.24) is 4.57 Å². The topological polar surface area (TPSA) is 45.1 Å². The number of furan rings is 1. The first-order chi connectivity index (χ1) is 15.7. The summed E-state index contributed by atoms with van der Waals surface area (Å²) in [6.45, 7) is 4.39. The van der Waals surface area contributed by atoms with E-state index in [4.69, 9.17) is 4.42 Å². The second kappa shape index (κ2) is 5.93. The Labute approximate surface area is 184 Å². The minimum Gasteiger partial charge on any atom is -0.456 e. The van der Waals surface area contributed by atoms with Gasteiger partial charge in [0.15, 0.2) is 0 Å². The number of nitriles is 1. The summed E-state index contributed by atoms with van der Waals surface area (Å²) < 4.78 is 8.56. The minimum atomic E-state index is 0.250. The predicted octanol–water partition coefficient (Wildman–Crippen LogP) is 7.41. The summed E-state index contributed by atoms with van der Waals surface area (Å²) in [5.41, 5.74) is 8.16. The van der Waals surface area contributed by atoms with Crippen LogP contribution >= 0.6 is 0 Å². The molecule has 0 fully saturated rings. The van der Waals surface area contributed by atoms with E-state index in [9.17, 15) is 5.26 Å². The van der Waals surface area contributed by atoms with E-state index in [1.165, 1.54) is 16.3 Å². The fourth-order valence-electron chi connectivity index (χ4n) is 5.37. The Morgan fingerprint density at radius 1 is 0.750 bits per heavy atom. The molecule has 4 aromatic carbocycles. The number of rotatable bonds is 1. The van der Waals surface area contributed by atoms with Crippen LogP contribution in [-0.4, -0.2) is 10.6 Å². The highest BCUT2D eigenvalue weighted by atomic mass is 16.3. The second-order valence-electron chi connectivity index (χ2n) is 8.75. The van der Waals surface area contributed by atoms with Gasteiger partial charge in [-0.3, -0.25) is 0 Å². The molecule has 0 amide bonds. The Bertz CT molecular complexity index is 1780. The monoisotopic (exact) mass is 413 g/mol. The molecule has 1 aliphatic rings. The fourth-order valence-corrected chi connectivity index (χ4v) is 5.37. The van der Waals surface area contributed by atoms with Crippen molar-refractivity contribution in [2.45, 2.75) is 19.9 Å². The molecule has 6 aromatic rings. The first-order valence-corrected chi connectivity index (χ1v) is 10.9. The zero-order chi connectivity index (χ0) is 21.6. The number of aromatic nitrogens is 1. The van der Waals surface area contributed by atoms with Gasteiger partial charge in [-0.25, -0.2) is 0 Å². The fraction of sp³-hybridized carbons (Fsp3) is 0.107. The predicted molar refractivity (Wildman–Crippen MR) is 130 cm³/mol. The molecule has 0 atom stereocenters. The van der Waals surface area contributed by atoms with E-state index in [-0.39, 0.29) is 6.04 Å². The molecular weight excluding hydrogens is 394 g/mol. The maximum atomic E-state index is 9.55. The van der Waals surface area contributed by atoms with Gasteiger partial charge < -0.3 is 13.9 Å². The number of anilines is 2. The van der Waals surface area contributed by atoms with E-state index in [0.29, 0.717) is 5.56 Å². The van der Waals surface area contributed by atoms with E-state index in [0.717, 1.165) is 44.5 Å². The lowest BCUT2D eigenvalue weighted by molar-refractivity contribution is 0.669. The molecule has 4 heteroatoms. The van der Waals surface area contributed by atoms with Gasteiger partial charge in [-0.1, -0.05) is 30.3 Å². The van der Waals surface area contributed by atoms with Gasteiger partial charge in [0.1, 0.15) is 11.2 Å². The molecule has 0 aliphatic carbocycles. The number of nitrogens with zero attached hydrogens (tertiary/aromatic N) is 3. The van der Waals surface area contributed by atoms with E-state index in [1.54, 1.807) is 0 Å². The summed E-state index contributed by atoms with van der Waals surface area (Å²) >= 11 is 0. The molecule has 0 N–H and O–H groups in total. The molecule has 2 aromatic heterocycles. The lowest BCUT2D eigenvalue weighted by Gasteiger charge is -2.36. The molecule has 0 radical (unpaired) electrons. The molecule has 0 saturated heterocycles. The van der Waals surface area contributed by atoms with E-state index in [2.05, 4.69) is 77.9 Å². The van der Waals surface area contributed by atoms with Crippen molar-refractivity contribution in [3.63, 3.8) is 0 Å². The van der Waals surface area contributed by atoms with Crippen molar-refractivity contribution in [2.75, 3.05) is 4.90 Å². The maximum Gasteiger partial charge on any atom is 0.136 e. The highest BCUT2D eigenvalue weighted by Crippen LogP contribution is 2.48. The van der Waals surface area contributed by atoms with Crippen molar-refractivity contribution < 1.29 is 4.42 Å². The average Bonchev–Trinajstić information content (AvgIpc) is 3.33. The van der Waals surface area contributed by atoms with Crippen molar-refractivity contribution in [3.8, 4) is 11.8 Å². The van der Waals surface area contributed by atoms with Gasteiger partial charge >= 0.3 is 0 Å². The largest absolute Gasteiger partial charge is 0.456 e. The first kappa shape index (κ1) is 17.5. The zero-order valence-corrected chi connectivity index (χ0v) is 17.8. The number of fused-ring (bicyclic) bond motifs is 8. The molecule has 0 bridgehead atoms. The third kappa shape index (κ3) is 2.05. The van der Waals surface area contributed by atoms with E-state index < -0.39 is 0 Å². The maximum absolute atomic E-state index is 9.55. The van der Waals surface area contributed by atoms with Crippen LogP contribution in [0.5, 0.6) is 0 Å². The minimum absolute atomic E-state index is 0.250. The van der Waals surface area contributed by atoms with Gasteiger partial charge in [0.25, 0.3) is 0 Å². The summed E-state index contributed by atoms with van der Waals surface area (Å²) in [5.74, 6) is 0. The zero-order valence-electron chi connectivity index (χ0n) is 17.8. The molecule has 0 unspecified atom stereocenters. The molecule has 0 saturated carbocycles. The Kier molecular flexibility index (Phi) is 3.23.